The van der Waals surface area contributed by atoms with Crippen LogP contribution < -0.4 is 11.3 Å². The SMILES string of the molecule is CC(NN)=C1CCC[C@H]1C. The van der Waals surface area contributed by atoms with E-state index in [9.17, 15) is 0 Å². The molecule has 2 nitrogen and oxygen atoms in total. The van der Waals surface area contributed by atoms with Crippen molar-refractivity contribution in [2.24, 2.45) is 11.8 Å². The van der Waals surface area contributed by atoms with Crippen LogP contribution in [0.15, 0.2) is 11.3 Å². The highest BCUT2D eigenvalue weighted by molar-refractivity contribution is 5.15. The number of nitrogens with one attached hydrogen (secondary N) is 1. The Balaban J connectivity index is 2.69. The maximum Gasteiger partial charge on any atom is 0.0223 e. The molecule has 10 heavy (non-hydrogen) atoms. The third-order valence-corrected chi connectivity index (χ3v) is 2.38. The summed E-state index contributed by atoms with van der Waals surface area (Å²) in [7, 11) is 0. The lowest BCUT2D eigenvalue weighted by molar-refractivity contribution is 0.681. The molecule has 0 aromatic heterocycles. The van der Waals surface area contributed by atoms with Crippen molar-refractivity contribution in [2.45, 2.75) is 33.1 Å². The maximum absolute atomic E-state index is 5.31. The number of rotatable bonds is 1. The van der Waals surface area contributed by atoms with E-state index in [2.05, 4.69) is 19.3 Å². The largest absolute Gasteiger partial charge is 0.329 e. The van der Waals surface area contributed by atoms with Crippen LogP contribution in [0.2, 0.25) is 0 Å². The molecule has 2 heteroatoms. The molecule has 0 spiro atoms. The predicted molar refractivity (Wildman–Crippen MR) is 43.0 cm³/mol. The molecule has 0 aliphatic heterocycles. The Morgan fingerprint density at radius 2 is 2.40 bits per heavy atom. The molecular formula is C8H16N2. The van der Waals surface area contributed by atoms with E-state index >= 15 is 0 Å². The lowest BCUT2D eigenvalue weighted by atomic mass is 10.0. The maximum atomic E-state index is 5.31. The summed E-state index contributed by atoms with van der Waals surface area (Å²) in [4.78, 5) is 0. The van der Waals surface area contributed by atoms with Crippen LogP contribution >= 0.6 is 0 Å². The highest BCUT2D eigenvalue weighted by Gasteiger charge is 2.17. The van der Waals surface area contributed by atoms with Crippen LogP contribution in [0.4, 0.5) is 0 Å². The molecule has 3 N–H and O–H groups in total. The Labute approximate surface area is 62.5 Å². The van der Waals surface area contributed by atoms with Crippen LogP contribution in [0.1, 0.15) is 33.1 Å². The lowest BCUT2D eigenvalue weighted by Crippen LogP contribution is -2.21. The Kier molecular flexibility index (Phi) is 2.33. The number of nitrogens with two attached hydrogens (primary N) is 1. The van der Waals surface area contributed by atoms with E-state index in [0.717, 1.165) is 5.92 Å². The van der Waals surface area contributed by atoms with Gasteiger partial charge in [-0.3, -0.25) is 5.84 Å². The topological polar surface area (TPSA) is 38.0 Å². The van der Waals surface area contributed by atoms with E-state index in [1.54, 1.807) is 0 Å². The van der Waals surface area contributed by atoms with E-state index in [1.807, 2.05) is 0 Å². The fourth-order valence-corrected chi connectivity index (χ4v) is 1.67. The summed E-state index contributed by atoms with van der Waals surface area (Å²) in [5.74, 6) is 6.05. The van der Waals surface area contributed by atoms with Crippen molar-refractivity contribution in [2.75, 3.05) is 0 Å². The Morgan fingerprint density at radius 3 is 2.80 bits per heavy atom. The molecule has 0 saturated heterocycles. The minimum absolute atomic E-state index is 0.746. The molecule has 0 aromatic carbocycles. The number of hydrogen-bond donors (Lipinski definition) is 2. The Morgan fingerprint density at radius 1 is 1.70 bits per heavy atom. The Bertz CT molecular complexity index is 149. The first-order chi connectivity index (χ1) is 4.75. The molecule has 0 bridgehead atoms. The summed E-state index contributed by atoms with van der Waals surface area (Å²) in [6.07, 6.45) is 3.89. The number of hydrazine groups is 1. The fraction of sp³-hybridized carbons (Fsp3) is 0.750. The number of allylic oxidation sites excluding steroid dienone is 2. The summed E-state index contributed by atoms with van der Waals surface area (Å²) in [6.45, 7) is 4.32. The van der Waals surface area contributed by atoms with Gasteiger partial charge in [0, 0.05) is 5.70 Å². The third kappa shape index (κ3) is 1.32. The summed E-state index contributed by atoms with van der Waals surface area (Å²) in [5.41, 5.74) is 5.40. The van der Waals surface area contributed by atoms with Gasteiger partial charge in [0.1, 0.15) is 0 Å². The summed E-state index contributed by atoms with van der Waals surface area (Å²) in [5, 5.41) is 0. The summed E-state index contributed by atoms with van der Waals surface area (Å²) >= 11 is 0. The van der Waals surface area contributed by atoms with E-state index in [0.29, 0.717) is 0 Å². The van der Waals surface area contributed by atoms with E-state index in [-0.39, 0.29) is 0 Å². The monoisotopic (exact) mass is 140 g/mol. The molecule has 1 aliphatic rings. The second-order valence-electron chi connectivity index (χ2n) is 3.09. The molecule has 0 aromatic rings. The molecule has 0 amide bonds. The zero-order chi connectivity index (χ0) is 7.56. The zero-order valence-electron chi connectivity index (χ0n) is 6.78. The average molecular weight is 140 g/mol. The van der Waals surface area contributed by atoms with Gasteiger partial charge < -0.3 is 5.43 Å². The summed E-state index contributed by atoms with van der Waals surface area (Å²) in [6, 6.07) is 0. The highest BCUT2D eigenvalue weighted by atomic mass is 15.2. The molecule has 1 fully saturated rings. The standard InChI is InChI=1S/C8H16N2/c1-6-4-3-5-8(6)7(2)10-9/h6,10H,3-5,9H2,1-2H3/t6-/m1/s1. The molecule has 1 atom stereocenters. The minimum atomic E-state index is 0.746. The van der Waals surface area contributed by atoms with Gasteiger partial charge in [-0.15, -0.1) is 0 Å². The molecule has 0 heterocycles. The van der Waals surface area contributed by atoms with Gasteiger partial charge in [0.05, 0.1) is 0 Å². The van der Waals surface area contributed by atoms with Gasteiger partial charge in [0.2, 0.25) is 0 Å². The fourth-order valence-electron chi connectivity index (χ4n) is 1.67. The van der Waals surface area contributed by atoms with Gasteiger partial charge in [-0.05, 0) is 37.7 Å². The quantitative estimate of drug-likeness (QED) is 0.428. The highest BCUT2D eigenvalue weighted by Crippen LogP contribution is 2.31. The van der Waals surface area contributed by atoms with E-state index < -0.39 is 0 Å². The van der Waals surface area contributed by atoms with Gasteiger partial charge in [0.25, 0.3) is 0 Å². The zero-order valence-corrected chi connectivity index (χ0v) is 6.78. The molecule has 1 aliphatic carbocycles. The van der Waals surface area contributed by atoms with Gasteiger partial charge in [0.15, 0.2) is 0 Å². The number of hydrogen-bond acceptors (Lipinski definition) is 2. The van der Waals surface area contributed by atoms with E-state index in [1.165, 1.54) is 30.5 Å². The van der Waals surface area contributed by atoms with Crippen molar-refractivity contribution in [3.8, 4) is 0 Å². The van der Waals surface area contributed by atoms with Crippen LogP contribution in [0.5, 0.6) is 0 Å². The average Bonchev–Trinajstić information content (AvgIpc) is 2.34. The van der Waals surface area contributed by atoms with E-state index in [4.69, 9.17) is 5.84 Å². The Hall–Kier alpha value is -0.500. The third-order valence-electron chi connectivity index (χ3n) is 2.38. The summed E-state index contributed by atoms with van der Waals surface area (Å²) < 4.78 is 0. The van der Waals surface area contributed by atoms with Crippen LogP contribution in [0.25, 0.3) is 0 Å². The van der Waals surface area contributed by atoms with Gasteiger partial charge >= 0.3 is 0 Å². The minimum Gasteiger partial charge on any atom is -0.329 e. The van der Waals surface area contributed by atoms with Crippen molar-refractivity contribution in [1.82, 2.24) is 5.43 Å². The predicted octanol–water partition coefficient (Wildman–Crippen LogP) is 1.54. The molecule has 58 valence electrons. The normalized spacial score (nSPS) is 30.5. The molecule has 0 radical (unpaired) electrons. The van der Waals surface area contributed by atoms with Gasteiger partial charge in [-0.2, -0.15) is 0 Å². The van der Waals surface area contributed by atoms with Crippen LogP contribution in [0.3, 0.4) is 0 Å². The molecule has 1 rings (SSSR count). The van der Waals surface area contributed by atoms with Crippen LogP contribution in [0, 0.1) is 5.92 Å². The lowest BCUT2D eigenvalue weighted by Gasteiger charge is -2.08. The van der Waals surface area contributed by atoms with Gasteiger partial charge in [-0.1, -0.05) is 6.92 Å². The van der Waals surface area contributed by atoms with Crippen molar-refractivity contribution in [1.29, 1.82) is 0 Å². The van der Waals surface area contributed by atoms with Crippen LogP contribution in [-0.2, 0) is 0 Å². The molecule has 1 saturated carbocycles. The second kappa shape index (κ2) is 3.06. The smallest absolute Gasteiger partial charge is 0.0223 e. The first kappa shape index (κ1) is 7.61. The molecule has 0 unspecified atom stereocenters. The first-order valence-corrected chi connectivity index (χ1v) is 3.92. The van der Waals surface area contributed by atoms with Crippen LogP contribution in [-0.4, -0.2) is 0 Å². The second-order valence-corrected chi connectivity index (χ2v) is 3.09. The molecular weight excluding hydrogens is 124 g/mol. The van der Waals surface area contributed by atoms with Crippen molar-refractivity contribution < 1.29 is 0 Å². The van der Waals surface area contributed by atoms with Crippen molar-refractivity contribution in [3.63, 3.8) is 0 Å². The van der Waals surface area contributed by atoms with Gasteiger partial charge in [-0.25, -0.2) is 0 Å². The van der Waals surface area contributed by atoms with Crippen molar-refractivity contribution >= 4 is 0 Å². The first-order valence-electron chi connectivity index (χ1n) is 3.92. The van der Waals surface area contributed by atoms with Crippen molar-refractivity contribution in [3.05, 3.63) is 11.3 Å².